The Kier molecular flexibility index (Phi) is 3.87. The number of nitrogens with zero attached hydrogens (tertiary/aromatic N) is 4. The molecule has 0 radical (unpaired) electrons. The molecule has 0 aliphatic rings. The van der Waals surface area contributed by atoms with Crippen LogP contribution in [0.3, 0.4) is 0 Å². The first-order chi connectivity index (χ1) is 11.3. The third-order valence-corrected chi connectivity index (χ3v) is 3.79. The highest BCUT2D eigenvalue weighted by atomic mass is 19.1. The standard InChI is InChI=1S/C17H20FN5O/c1-17(2,3)23-14-12(9-19-23)15(24)21-16(20-14)22(4)10-11-7-5-6-8-13(11)18/h5-9H,10H2,1-4H3,(H,20,21,24). The van der Waals surface area contributed by atoms with Crippen molar-refractivity contribution < 1.29 is 4.39 Å². The van der Waals surface area contributed by atoms with Crippen LogP contribution in [0.5, 0.6) is 0 Å². The molecule has 3 rings (SSSR count). The van der Waals surface area contributed by atoms with Crippen LogP contribution in [0.4, 0.5) is 10.3 Å². The SMILES string of the molecule is CN(Cc1ccccc1F)c1nc2c(cnn2C(C)(C)C)c(=O)[nH]1. The van der Waals surface area contributed by atoms with Gasteiger partial charge < -0.3 is 4.90 Å². The molecule has 7 heteroatoms. The summed E-state index contributed by atoms with van der Waals surface area (Å²) in [4.78, 5) is 21.3. The molecule has 6 nitrogen and oxygen atoms in total. The topological polar surface area (TPSA) is 66.8 Å². The van der Waals surface area contributed by atoms with Gasteiger partial charge in [0, 0.05) is 19.2 Å². The largest absolute Gasteiger partial charge is 0.341 e. The summed E-state index contributed by atoms with van der Waals surface area (Å²) >= 11 is 0. The Morgan fingerprint density at radius 3 is 2.67 bits per heavy atom. The minimum Gasteiger partial charge on any atom is -0.341 e. The van der Waals surface area contributed by atoms with Crippen molar-refractivity contribution in [2.75, 3.05) is 11.9 Å². The monoisotopic (exact) mass is 329 g/mol. The molecule has 0 saturated carbocycles. The zero-order chi connectivity index (χ0) is 17.5. The average Bonchev–Trinajstić information content (AvgIpc) is 2.94. The number of hydrogen-bond donors (Lipinski definition) is 1. The van der Waals surface area contributed by atoms with Gasteiger partial charge in [-0.05, 0) is 26.8 Å². The van der Waals surface area contributed by atoms with E-state index in [1.54, 1.807) is 34.8 Å². The van der Waals surface area contributed by atoms with Gasteiger partial charge in [0.25, 0.3) is 5.56 Å². The fourth-order valence-electron chi connectivity index (χ4n) is 2.54. The molecule has 1 N–H and O–H groups in total. The molecule has 0 fully saturated rings. The Morgan fingerprint density at radius 2 is 2.00 bits per heavy atom. The van der Waals surface area contributed by atoms with Crippen LogP contribution >= 0.6 is 0 Å². The summed E-state index contributed by atoms with van der Waals surface area (Å²) in [6, 6.07) is 6.55. The van der Waals surface area contributed by atoms with Gasteiger partial charge in [0.05, 0.1) is 11.7 Å². The van der Waals surface area contributed by atoms with Gasteiger partial charge in [0.2, 0.25) is 5.95 Å². The lowest BCUT2D eigenvalue weighted by Gasteiger charge is -2.21. The Morgan fingerprint density at radius 1 is 1.29 bits per heavy atom. The second kappa shape index (κ2) is 5.74. The number of benzene rings is 1. The normalized spacial score (nSPS) is 11.9. The van der Waals surface area contributed by atoms with Crippen LogP contribution in [0.25, 0.3) is 11.0 Å². The van der Waals surface area contributed by atoms with E-state index in [0.717, 1.165) is 0 Å². The summed E-state index contributed by atoms with van der Waals surface area (Å²) in [6.07, 6.45) is 1.52. The number of anilines is 1. The molecule has 2 heterocycles. The molecule has 1 aromatic carbocycles. The Bertz CT molecular complexity index is 938. The van der Waals surface area contributed by atoms with Crippen molar-refractivity contribution in [3.05, 3.63) is 52.2 Å². The van der Waals surface area contributed by atoms with E-state index in [1.807, 2.05) is 20.8 Å². The smallest absolute Gasteiger partial charge is 0.263 e. The molecule has 0 amide bonds. The van der Waals surface area contributed by atoms with Gasteiger partial charge in [0.1, 0.15) is 11.2 Å². The number of hydrogen-bond acceptors (Lipinski definition) is 4. The molecule has 3 aromatic rings. The third kappa shape index (κ3) is 2.89. The number of aromatic nitrogens is 4. The summed E-state index contributed by atoms with van der Waals surface area (Å²) in [6.45, 7) is 6.27. The van der Waals surface area contributed by atoms with E-state index in [4.69, 9.17) is 0 Å². The molecule has 0 bridgehead atoms. The highest BCUT2D eigenvalue weighted by molar-refractivity contribution is 5.74. The van der Waals surface area contributed by atoms with Crippen LogP contribution in [0.1, 0.15) is 26.3 Å². The number of halogens is 1. The van der Waals surface area contributed by atoms with Crippen LogP contribution in [0.15, 0.2) is 35.3 Å². The Labute approximate surface area is 138 Å². The molecule has 0 unspecified atom stereocenters. The molecule has 0 atom stereocenters. The highest BCUT2D eigenvalue weighted by Gasteiger charge is 2.20. The second-order valence-corrected chi connectivity index (χ2v) is 6.80. The van der Waals surface area contributed by atoms with E-state index in [-0.39, 0.29) is 16.9 Å². The molecular formula is C17H20FN5O. The molecule has 0 saturated heterocycles. The summed E-state index contributed by atoms with van der Waals surface area (Å²) in [5, 5.41) is 4.72. The van der Waals surface area contributed by atoms with E-state index >= 15 is 0 Å². The van der Waals surface area contributed by atoms with Crippen LogP contribution in [0, 0.1) is 5.82 Å². The van der Waals surface area contributed by atoms with Crippen LogP contribution < -0.4 is 10.5 Å². The predicted molar refractivity (Wildman–Crippen MR) is 91.7 cm³/mol. The Hall–Kier alpha value is -2.70. The maximum absolute atomic E-state index is 13.8. The summed E-state index contributed by atoms with van der Waals surface area (Å²) < 4.78 is 15.6. The van der Waals surface area contributed by atoms with Crippen molar-refractivity contribution in [2.45, 2.75) is 32.9 Å². The summed E-state index contributed by atoms with van der Waals surface area (Å²) in [5.41, 5.74) is 0.490. The molecule has 126 valence electrons. The number of fused-ring (bicyclic) bond motifs is 1. The minimum absolute atomic E-state index is 0.258. The fourth-order valence-corrected chi connectivity index (χ4v) is 2.54. The minimum atomic E-state index is -0.302. The first-order valence-electron chi connectivity index (χ1n) is 7.70. The van der Waals surface area contributed by atoms with E-state index in [1.165, 1.54) is 12.3 Å². The first-order valence-corrected chi connectivity index (χ1v) is 7.70. The average molecular weight is 329 g/mol. The van der Waals surface area contributed by atoms with Gasteiger partial charge in [-0.2, -0.15) is 10.1 Å². The predicted octanol–water partition coefficient (Wildman–Crippen LogP) is 2.65. The summed E-state index contributed by atoms with van der Waals surface area (Å²) in [5.74, 6) is 0.0919. The van der Waals surface area contributed by atoms with Gasteiger partial charge in [-0.15, -0.1) is 0 Å². The van der Waals surface area contributed by atoms with Gasteiger partial charge in [-0.3, -0.25) is 9.78 Å². The van der Waals surface area contributed by atoms with E-state index in [2.05, 4.69) is 15.1 Å². The highest BCUT2D eigenvalue weighted by Crippen LogP contribution is 2.20. The number of H-pyrrole nitrogens is 1. The third-order valence-electron chi connectivity index (χ3n) is 3.79. The van der Waals surface area contributed by atoms with Crippen LogP contribution in [-0.2, 0) is 12.1 Å². The number of aromatic amines is 1. The Balaban J connectivity index is 2.03. The summed E-state index contributed by atoms with van der Waals surface area (Å²) in [7, 11) is 1.76. The molecule has 0 spiro atoms. The maximum Gasteiger partial charge on any atom is 0.263 e. The molecule has 2 aromatic heterocycles. The van der Waals surface area contributed by atoms with E-state index in [0.29, 0.717) is 29.1 Å². The fraction of sp³-hybridized carbons (Fsp3) is 0.353. The van der Waals surface area contributed by atoms with Crippen molar-refractivity contribution in [3.63, 3.8) is 0 Å². The lowest BCUT2D eigenvalue weighted by molar-refractivity contribution is 0.366. The van der Waals surface area contributed by atoms with E-state index in [9.17, 15) is 9.18 Å². The first kappa shape index (κ1) is 16.2. The van der Waals surface area contributed by atoms with Gasteiger partial charge in [-0.25, -0.2) is 9.07 Å². The molecule has 24 heavy (non-hydrogen) atoms. The van der Waals surface area contributed by atoms with Crippen molar-refractivity contribution in [1.29, 1.82) is 0 Å². The lowest BCUT2D eigenvalue weighted by atomic mass is 10.1. The van der Waals surface area contributed by atoms with Gasteiger partial charge in [0.15, 0.2) is 5.65 Å². The van der Waals surface area contributed by atoms with Crippen LogP contribution in [0.2, 0.25) is 0 Å². The molecule has 0 aliphatic carbocycles. The number of nitrogens with one attached hydrogen (secondary N) is 1. The van der Waals surface area contributed by atoms with Crippen molar-refractivity contribution in [2.24, 2.45) is 0 Å². The van der Waals surface area contributed by atoms with Crippen LogP contribution in [-0.4, -0.2) is 26.8 Å². The van der Waals surface area contributed by atoms with Gasteiger partial charge >= 0.3 is 0 Å². The zero-order valence-corrected chi connectivity index (χ0v) is 14.2. The number of rotatable bonds is 3. The van der Waals surface area contributed by atoms with E-state index < -0.39 is 0 Å². The molecular weight excluding hydrogens is 309 g/mol. The van der Waals surface area contributed by atoms with Crippen molar-refractivity contribution >= 4 is 17.0 Å². The van der Waals surface area contributed by atoms with Crippen molar-refractivity contribution in [3.8, 4) is 0 Å². The van der Waals surface area contributed by atoms with Gasteiger partial charge in [-0.1, -0.05) is 18.2 Å². The quantitative estimate of drug-likeness (QED) is 0.802. The second-order valence-electron chi connectivity index (χ2n) is 6.80. The maximum atomic E-state index is 13.8. The van der Waals surface area contributed by atoms with Crippen molar-refractivity contribution in [1.82, 2.24) is 19.7 Å². The molecule has 0 aliphatic heterocycles. The lowest BCUT2D eigenvalue weighted by Crippen LogP contribution is -2.26. The zero-order valence-electron chi connectivity index (χ0n) is 14.2.